The van der Waals surface area contributed by atoms with Gasteiger partial charge in [-0.05, 0) is 85.5 Å². The largest absolute Gasteiger partial charge is 0.478 e. The van der Waals surface area contributed by atoms with Crippen LogP contribution in [0.15, 0.2) is 34.9 Å². The summed E-state index contributed by atoms with van der Waals surface area (Å²) in [6.07, 6.45) is 8.16. The van der Waals surface area contributed by atoms with Crippen LogP contribution in [0.5, 0.6) is 0 Å². The lowest BCUT2D eigenvalue weighted by Crippen LogP contribution is -2.68. The molecule has 228 valence electrons. The molecule has 5 fully saturated rings. The molecule has 1 aliphatic heterocycles. The number of ether oxygens (including phenoxy) is 1. The Bertz CT molecular complexity index is 1830. The Kier molecular flexibility index (Phi) is 6.04. The van der Waals surface area contributed by atoms with Gasteiger partial charge in [0.05, 0.1) is 33.0 Å². The van der Waals surface area contributed by atoms with Crippen LogP contribution < -0.4 is 4.90 Å². The number of anilines is 1. The fourth-order valence-electron chi connectivity index (χ4n) is 9.50. The van der Waals surface area contributed by atoms with E-state index >= 15 is 0 Å². The molecule has 11 heteroatoms. The van der Waals surface area contributed by atoms with Crippen LogP contribution in [0, 0.1) is 28.5 Å². The van der Waals surface area contributed by atoms with Gasteiger partial charge in [-0.1, -0.05) is 52.2 Å². The maximum absolute atomic E-state index is 14.7. The van der Waals surface area contributed by atoms with Crippen LogP contribution in [-0.2, 0) is 11.3 Å². The third kappa shape index (κ3) is 3.85. The molecule has 7 nitrogen and oxygen atoms in total. The number of aromatic carboxylic acids is 1. The topological polar surface area (TPSA) is 88.7 Å². The summed E-state index contributed by atoms with van der Waals surface area (Å²) < 4.78 is 27.8. The van der Waals surface area contributed by atoms with Gasteiger partial charge in [0.2, 0.25) is 0 Å². The molecule has 0 radical (unpaired) electrons. The quantitative estimate of drug-likeness (QED) is 0.214. The summed E-state index contributed by atoms with van der Waals surface area (Å²) in [5, 5.41) is 15.7. The molecule has 0 bridgehead atoms. The normalized spacial score (nSPS) is 30.4. The molecule has 0 amide bonds. The van der Waals surface area contributed by atoms with E-state index in [9.17, 15) is 14.3 Å². The second-order valence-corrected chi connectivity index (χ2v) is 15.4. The fourth-order valence-corrected chi connectivity index (χ4v) is 11.1. The van der Waals surface area contributed by atoms with Gasteiger partial charge in [-0.25, -0.2) is 14.2 Å². The molecule has 2 spiro atoms. The summed E-state index contributed by atoms with van der Waals surface area (Å²) in [7, 11) is 0. The Morgan fingerprint density at radius 2 is 1.95 bits per heavy atom. The van der Waals surface area contributed by atoms with Gasteiger partial charge < -0.3 is 19.3 Å². The maximum Gasteiger partial charge on any atom is 0.335 e. The number of nitrogens with zero attached hydrogens (tertiary/aromatic N) is 3. The first-order chi connectivity index (χ1) is 21.3. The molecule has 4 saturated carbocycles. The molecule has 3 atom stereocenters. The predicted octanol–water partition coefficient (Wildman–Crippen LogP) is 8.57. The van der Waals surface area contributed by atoms with Crippen molar-refractivity contribution in [2.75, 3.05) is 18.0 Å². The summed E-state index contributed by atoms with van der Waals surface area (Å²) >= 11 is 14.5. The van der Waals surface area contributed by atoms with Gasteiger partial charge in [0.25, 0.3) is 0 Å². The van der Waals surface area contributed by atoms with Crippen molar-refractivity contribution in [1.29, 1.82) is 0 Å². The zero-order chi connectivity index (χ0) is 30.0. The SMILES string of the molecule is O=C(O)c1cc(F)c2nc(N3CC4C5(CC(OCc6c(-c7c(Cl)cccc7Cl)noc6C6CC6)C5)C5CCCC54C3)sc2c1. The minimum Gasteiger partial charge on any atom is -0.478 e. The van der Waals surface area contributed by atoms with Gasteiger partial charge in [0.15, 0.2) is 10.9 Å². The number of hydrogen-bond acceptors (Lipinski definition) is 7. The molecule has 2 aromatic heterocycles. The number of carbonyl (C=O) groups is 1. The smallest absolute Gasteiger partial charge is 0.335 e. The number of hydrogen-bond donors (Lipinski definition) is 1. The van der Waals surface area contributed by atoms with Gasteiger partial charge in [0, 0.05) is 30.1 Å². The standard InChI is InChI=1S/C33H30Cl2FN3O4S/c34-20-3-1-4-21(35)26(20)27-19(29(43-38-27)16-6-7-16)14-42-18-11-33(12-18)24-5-2-8-32(24)15-39(13-25(32)33)31-37-28-22(36)9-17(30(40)41)10-23(28)44-31/h1,3-4,9-10,16,18,24-25H,2,5-8,11-15H2,(H,40,41). The van der Waals surface area contributed by atoms with Crippen LogP contribution in [0.25, 0.3) is 21.5 Å². The molecule has 9 rings (SSSR count). The molecular weight excluding hydrogens is 624 g/mol. The first-order valence-corrected chi connectivity index (χ1v) is 17.0. The van der Waals surface area contributed by atoms with Crippen molar-refractivity contribution in [2.24, 2.45) is 22.7 Å². The lowest BCUT2D eigenvalue weighted by Gasteiger charge is -2.70. The number of fused-ring (bicyclic) bond motifs is 3. The summed E-state index contributed by atoms with van der Waals surface area (Å²) in [5.74, 6) is 0.805. The summed E-state index contributed by atoms with van der Waals surface area (Å²) in [5.41, 5.74) is 3.13. The Morgan fingerprint density at radius 3 is 2.70 bits per heavy atom. The Morgan fingerprint density at radius 1 is 1.16 bits per heavy atom. The van der Waals surface area contributed by atoms with Gasteiger partial charge in [0.1, 0.15) is 17.0 Å². The number of carboxylic acids is 1. The van der Waals surface area contributed by atoms with Gasteiger partial charge in [-0.15, -0.1) is 0 Å². The summed E-state index contributed by atoms with van der Waals surface area (Å²) in [4.78, 5) is 18.5. The Labute approximate surface area is 267 Å². The van der Waals surface area contributed by atoms with Crippen molar-refractivity contribution in [2.45, 2.75) is 63.6 Å². The number of benzene rings is 2. The van der Waals surface area contributed by atoms with Crippen molar-refractivity contribution < 1.29 is 23.6 Å². The zero-order valence-electron chi connectivity index (χ0n) is 23.8. The van der Waals surface area contributed by atoms with Crippen LogP contribution in [0.1, 0.15) is 72.5 Å². The van der Waals surface area contributed by atoms with Crippen molar-refractivity contribution >= 4 is 55.9 Å². The minimum absolute atomic E-state index is 0.0434. The van der Waals surface area contributed by atoms with E-state index in [1.54, 1.807) is 0 Å². The van der Waals surface area contributed by atoms with Crippen LogP contribution in [0.4, 0.5) is 9.52 Å². The van der Waals surface area contributed by atoms with Crippen LogP contribution in [0.2, 0.25) is 10.0 Å². The van der Waals surface area contributed by atoms with Crippen LogP contribution >= 0.6 is 34.5 Å². The van der Waals surface area contributed by atoms with E-state index in [2.05, 4.69) is 15.0 Å². The highest BCUT2D eigenvalue weighted by molar-refractivity contribution is 7.22. The van der Waals surface area contributed by atoms with Gasteiger partial charge >= 0.3 is 5.97 Å². The van der Waals surface area contributed by atoms with Crippen molar-refractivity contribution in [3.63, 3.8) is 0 Å². The molecule has 4 aromatic rings. The van der Waals surface area contributed by atoms with Gasteiger partial charge in [-0.2, -0.15) is 0 Å². The predicted molar refractivity (Wildman–Crippen MR) is 166 cm³/mol. The first kappa shape index (κ1) is 27.6. The molecule has 2 aromatic carbocycles. The molecule has 44 heavy (non-hydrogen) atoms. The average Bonchev–Trinajstić information content (AvgIpc) is 3.29. The summed E-state index contributed by atoms with van der Waals surface area (Å²) in [6.45, 7) is 2.27. The average molecular weight is 655 g/mol. The minimum atomic E-state index is -1.13. The molecule has 1 N–H and O–H groups in total. The number of halogens is 3. The first-order valence-electron chi connectivity index (χ1n) is 15.4. The van der Waals surface area contributed by atoms with E-state index in [1.165, 1.54) is 36.7 Å². The molecule has 4 aliphatic carbocycles. The highest BCUT2D eigenvalue weighted by Crippen LogP contribution is 2.79. The lowest BCUT2D eigenvalue weighted by molar-refractivity contribution is -0.248. The van der Waals surface area contributed by atoms with Crippen LogP contribution in [0.3, 0.4) is 0 Å². The van der Waals surface area contributed by atoms with Crippen molar-refractivity contribution in [1.82, 2.24) is 10.1 Å². The maximum atomic E-state index is 14.7. The van der Waals surface area contributed by atoms with Crippen molar-refractivity contribution in [3.8, 4) is 11.3 Å². The monoisotopic (exact) mass is 653 g/mol. The molecule has 3 unspecified atom stereocenters. The third-order valence-electron chi connectivity index (χ3n) is 11.4. The highest BCUT2D eigenvalue weighted by Gasteiger charge is 2.77. The van der Waals surface area contributed by atoms with E-state index in [4.69, 9.17) is 32.5 Å². The van der Waals surface area contributed by atoms with E-state index in [0.29, 0.717) is 50.4 Å². The second kappa shape index (κ2) is 9.64. The zero-order valence-corrected chi connectivity index (χ0v) is 26.2. The van der Waals surface area contributed by atoms with E-state index in [0.717, 1.165) is 61.3 Å². The van der Waals surface area contributed by atoms with E-state index in [-0.39, 0.29) is 28.0 Å². The number of rotatable bonds is 7. The molecular formula is C33H30Cl2FN3O4S. The van der Waals surface area contributed by atoms with Crippen molar-refractivity contribution in [3.05, 3.63) is 63.1 Å². The van der Waals surface area contributed by atoms with E-state index < -0.39 is 11.8 Å². The summed E-state index contributed by atoms with van der Waals surface area (Å²) in [6, 6.07) is 8.07. The van der Waals surface area contributed by atoms with Crippen LogP contribution in [-0.4, -0.2) is 40.4 Å². The number of thiazole rings is 1. The highest BCUT2D eigenvalue weighted by atomic mass is 35.5. The number of carboxylic acid groups (broad SMARTS) is 1. The molecule has 3 heterocycles. The lowest BCUT2D eigenvalue weighted by atomic mass is 9.34. The van der Waals surface area contributed by atoms with E-state index in [1.807, 2.05) is 18.2 Å². The Balaban J connectivity index is 0.935. The van der Waals surface area contributed by atoms with Gasteiger partial charge in [-0.3, -0.25) is 0 Å². The molecule has 1 saturated heterocycles. The third-order valence-corrected chi connectivity index (χ3v) is 13.1. The second-order valence-electron chi connectivity index (χ2n) is 13.5. The fraction of sp³-hybridized carbons (Fsp3) is 0.485. The number of aromatic nitrogens is 2. The Hall–Kier alpha value is -2.72. The molecule has 5 aliphatic rings.